The first-order chi connectivity index (χ1) is 18.2. The Morgan fingerprint density at radius 3 is 1.20 bits per heavy atom. The van der Waals surface area contributed by atoms with Gasteiger partial charge in [0.1, 0.15) is 41.2 Å². The Balaban J connectivity index is 0.00000153. The number of carbonyl (C=O) groups is 2. The summed E-state index contributed by atoms with van der Waals surface area (Å²) in [7, 11) is 0. The molecule has 8 heteroatoms. The molecule has 0 aliphatic heterocycles. The summed E-state index contributed by atoms with van der Waals surface area (Å²) in [5, 5.41) is 0. The summed E-state index contributed by atoms with van der Waals surface area (Å²) in [5.74, 6) is -4.62. The first-order valence-corrected chi connectivity index (χ1v) is 11.7. The van der Waals surface area contributed by atoms with Gasteiger partial charge in [-0.3, -0.25) is 9.59 Å². The van der Waals surface area contributed by atoms with Gasteiger partial charge < -0.3 is 9.47 Å². The fourth-order valence-corrected chi connectivity index (χ4v) is 3.30. The van der Waals surface area contributed by atoms with E-state index >= 15 is 0 Å². The molecule has 4 aromatic carbocycles. The predicted octanol–water partition coefficient (Wildman–Crippen LogP) is 9.17. The van der Waals surface area contributed by atoms with Crippen molar-refractivity contribution in [3.8, 4) is 33.8 Å². The average molecular weight is 557 g/mol. The maximum Gasteiger partial charge on any atom is 0.322 e. The van der Waals surface area contributed by atoms with Crippen molar-refractivity contribution in [2.75, 3.05) is 0 Å². The van der Waals surface area contributed by atoms with Gasteiger partial charge in [0.05, 0.1) is 0 Å². The summed E-state index contributed by atoms with van der Waals surface area (Å²) in [6.07, 6.45) is 0.447. The van der Waals surface area contributed by atoms with Gasteiger partial charge in [-0.25, -0.2) is 17.6 Å². The van der Waals surface area contributed by atoms with Crippen LogP contribution in [0.25, 0.3) is 22.3 Å². The largest absolute Gasteiger partial charge is 0.426 e. The summed E-state index contributed by atoms with van der Waals surface area (Å²) in [5.41, 5.74) is 1.22. The summed E-state index contributed by atoms with van der Waals surface area (Å²) < 4.78 is 64.9. The zero-order valence-electron chi connectivity index (χ0n) is 20.6. The SMILES string of the molecule is C.C.CCC.O=C(CC(=O)Oc1ccc(-c2ccc(F)cc2)c(F)c1)Oc1ccc(-c2ccc(F)cc2)c(F)c1. The third-order valence-electron chi connectivity index (χ3n) is 4.94. The molecule has 0 aliphatic carbocycles. The number of benzene rings is 4. The smallest absolute Gasteiger partial charge is 0.322 e. The molecule has 0 bridgehead atoms. The third-order valence-corrected chi connectivity index (χ3v) is 4.94. The minimum Gasteiger partial charge on any atom is -0.426 e. The Labute approximate surface area is 232 Å². The molecule has 0 fully saturated rings. The standard InChI is InChI=1S/C27H16F4O4.C3H8.2CH4/c28-18-5-1-16(2-6-18)22-11-9-20(13-24(22)30)34-26(32)15-27(33)35-21-10-12-23(25(31)14-21)17-3-7-19(29)8-4-17;1-3-2;;/h1-14H,15H2;3H2,1-2H3;2*1H4. The third kappa shape index (κ3) is 9.38. The molecule has 0 amide bonds. The van der Waals surface area contributed by atoms with Crippen LogP contribution in [0.3, 0.4) is 0 Å². The van der Waals surface area contributed by atoms with Gasteiger partial charge in [-0.15, -0.1) is 0 Å². The van der Waals surface area contributed by atoms with Crippen LogP contribution >= 0.6 is 0 Å². The molecular weight excluding hydrogens is 524 g/mol. The van der Waals surface area contributed by atoms with Gasteiger partial charge in [0.15, 0.2) is 0 Å². The minimum atomic E-state index is -1.01. The highest BCUT2D eigenvalue weighted by atomic mass is 19.1. The van der Waals surface area contributed by atoms with E-state index in [1.807, 2.05) is 0 Å². The number of halogens is 4. The quantitative estimate of drug-likeness (QED) is 0.103. The average Bonchev–Trinajstić information content (AvgIpc) is 2.86. The Kier molecular flexibility index (Phi) is 13.3. The molecule has 0 unspecified atom stereocenters. The lowest BCUT2D eigenvalue weighted by molar-refractivity contribution is -0.144. The molecule has 0 aromatic heterocycles. The van der Waals surface area contributed by atoms with Crippen molar-refractivity contribution in [1.29, 1.82) is 0 Å². The topological polar surface area (TPSA) is 52.6 Å². The second-order valence-electron chi connectivity index (χ2n) is 8.13. The van der Waals surface area contributed by atoms with Crippen molar-refractivity contribution >= 4 is 11.9 Å². The van der Waals surface area contributed by atoms with Crippen LogP contribution in [0.1, 0.15) is 41.5 Å². The van der Waals surface area contributed by atoms with Crippen molar-refractivity contribution < 1.29 is 36.6 Å². The predicted molar refractivity (Wildman–Crippen MR) is 149 cm³/mol. The second-order valence-corrected chi connectivity index (χ2v) is 8.13. The van der Waals surface area contributed by atoms with Crippen LogP contribution in [0.4, 0.5) is 17.6 Å². The molecular formula is C32H32F4O4. The molecule has 0 spiro atoms. The summed E-state index contributed by atoms with van der Waals surface area (Å²) in [6, 6.07) is 17.7. The Bertz CT molecular complexity index is 1290. The van der Waals surface area contributed by atoms with Crippen LogP contribution < -0.4 is 9.47 Å². The van der Waals surface area contributed by atoms with Gasteiger partial charge >= 0.3 is 11.9 Å². The van der Waals surface area contributed by atoms with Crippen LogP contribution in [0.15, 0.2) is 84.9 Å². The summed E-state index contributed by atoms with van der Waals surface area (Å²) >= 11 is 0. The molecule has 0 aliphatic rings. The zero-order chi connectivity index (χ0) is 27.7. The number of carbonyl (C=O) groups excluding carboxylic acids is 2. The first kappa shape index (κ1) is 33.6. The van der Waals surface area contributed by atoms with E-state index in [9.17, 15) is 27.2 Å². The van der Waals surface area contributed by atoms with Crippen LogP contribution in [-0.4, -0.2) is 11.9 Å². The lowest BCUT2D eigenvalue weighted by Crippen LogP contribution is -2.18. The van der Waals surface area contributed by atoms with E-state index in [0.717, 1.165) is 12.1 Å². The van der Waals surface area contributed by atoms with Crippen LogP contribution in [0.2, 0.25) is 0 Å². The molecule has 0 N–H and O–H groups in total. The van der Waals surface area contributed by atoms with Gasteiger partial charge in [0, 0.05) is 23.3 Å². The lowest BCUT2D eigenvalue weighted by atomic mass is 10.1. The summed E-state index contributed by atoms with van der Waals surface area (Å²) in [6.45, 7) is 4.25. The summed E-state index contributed by atoms with van der Waals surface area (Å²) in [4.78, 5) is 24.1. The Morgan fingerprint density at radius 1 is 0.575 bits per heavy atom. The highest BCUT2D eigenvalue weighted by Gasteiger charge is 2.17. The Hall–Kier alpha value is -4.46. The van der Waals surface area contributed by atoms with Gasteiger partial charge in [-0.2, -0.15) is 0 Å². The number of rotatable bonds is 6. The van der Waals surface area contributed by atoms with Crippen molar-refractivity contribution in [1.82, 2.24) is 0 Å². The van der Waals surface area contributed by atoms with E-state index in [1.165, 1.54) is 79.2 Å². The van der Waals surface area contributed by atoms with Gasteiger partial charge in [-0.1, -0.05) is 59.4 Å². The van der Waals surface area contributed by atoms with E-state index in [-0.39, 0.29) is 37.5 Å². The number of ether oxygens (including phenoxy) is 2. The molecule has 0 saturated carbocycles. The van der Waals surface area contributed by atoms with Crippen molar-refractivity contribution in [3.05, 3.63) is 108 Å². The van der Waals surface area contributed by atoms with Crippen molar-refractivity contribution in [3.63, 3.8) is 0 Å². The maximum absolute atomic E-state index is 14.4. The molecule has 4 nitrogen and oxygen atoms in total. The molecule has 0 heterocycles. The van der Waals surface area contributed by atoms with Gasteiger partial charge in [-0.05, 0) is 59.7 Å². The van der Waals surface area contributed by atoms with Crippen LogP contribution in [0.5, 0.6) is 11.5 Å². The number of esters is 2. The highest BCUT2D eigenvalue weighted by molar-refractivity contribution is 5.93. The maximum atomic E-state index is 14.4. The first-order valence-electron chi connectivity index (χ1n) is 11.7. The monoisotopic (exact) mass is 556 g/mol. The molecule has 0 atom stereocenters. The fourth-order valence-electron chi connectivity index (χ4n) is 3.30. The Morgan fingerprint density at radius 2 is 0.900 bits per heavy atom. The second kappa shape index (κ2) is 15.8. The van der Waals surface area contributed by atoms with E-state index in [4.69, 9.17) is 9.47 Å². The lowest BCUT2D eigenvalue weighted by Gasteiger charge is -2.09. The van der Waals surface area contributed by atoms with Crippen molar-refractivity contribution in [2.45, 2.75) is 41.5 Å². The van der Waals surface area contributed by atoms with E-state index < -0.39 is 41.6 Å². The number of hydrogen-bond donors (Lipinski definition) is 0. The fraction of sp³-hybridized carbons (Fsp3) is 0.188. The van der Waals surface area contributed by atoms with E-state index in [1.54, 1.807) is 0 Å². The van der Waals surface area contributed by atoms with Crippen molar-refractivity contribution in [2.24, 2.45) is 0 Å². The molecule has 0 radical (unpaired) electrons. The molecule has 40 heavy (non-hydrogen) atoms. The van der Waals surface area contributed by atoms with E-state index in [2.05, 4.69) is 13.8 Å². The highest BCUT2D eigenvalue weighted by Crippen LogP contribution is 2.28. The van der Waals surface area contributed by atoms with E-state index in [0.29, 0.717) is 11.1 Å². The molecule has 0 saturated heterocycles. The number of hydrogen-bond acceptors (Lipinski definition) is 4. The zero-order valence-corrected chi connectivity index (χ0v) is 20.6. The molecule has 212 valence electrons. The molecule has 4 aromatic rings. The minimum absolute atomic E-state index is 0. The van der Waals surface area contributed by atoms with Crippen LogP contribution in [-0.2, 0) is 9.59 Å². The molecule has 4 rings (SSSR count). The van der Waals surface area contributed by atoms with Gasteiger partial charge in [0.2, 0.25) is 0 Å². The van der Waals surface area contributed by atoms with Crippen LogP contribution in [0, 0.1) is 23.3 Å². The van der Waals surface area contributed by atoms with Gasteiger partial charge in [0.25, 0.3) is 0 Å². The normalized spacial score (nSPS) is 9.75.